The molecule has 1 aromatic rings. The summed E-state index contributed by atoms with van der Waals surface area (Å²) in [5.41, 5.74) is 0. The molecule has 1 aliphatic heterocycles. The van der Waals surface area contributed by atoms with Gasteiger partial charge in [0, 0.05) is 6.54 Å². The van der Waals surface area contributed by atoms with Crippen LogP contribution in [0.3, 0.4) is 0 Å². The van der Waals surface area contributed by atoms with Gasteiger partial charge in [0.05, 0.1) is 18.8 Å². The van der Waals surface area contributed by atoms with Crippen LogP contribution in [0.2, 0.25) is 0 Å². The lowest BCUT2D eigenvalue weighted by Crippen LogP contribution is -2.49. The fraction of sp³-hybridized carbons (Fsp3) is 0.583. The zero-order chi connectivity index (χ0) is 11.5. The molecule has 1 aliphatic rings. The molecular formula is C12H17BrN2O. The Balaban J connectivity index is 2.22. The van der Waals surface area contributed by atoms with Gasteiger partial charge in [0.25, 0.3) is 0 Å². The molecule has 1 aromatic heterocycles. The largest absolute Gasteiger partial charge is 0.375 e. The lowest BCUT2D eigenvalue weighted by atomic mass is 10.1. The first kappa shape index (κ1) is 11.9. The van der Waals surface area contributed by atoms with Gasteiger partial charge >= 0.3 is 0 Å². The van der Waals surface area contributed by atoms with Crippen molar-refractivity contribution in [1.82, 2.24) is 4.98 Å². The first-order valence-corrected chi connectivity index (χ1v) is 6.50. The first-order valence-electron chi connectivity index (χ1n) is 5.71. The topological polar surface area (TPSA) is 25.4 Å². The van der Waals surface area contributed by atoms with E-state index in [0.29, 0.717) is 6.04 Å². The Hall–Kier alpha value is -0.610. The molecule has 1 fully saturated rings. The van der Waals surface area contributed by atoms with Crippen molar-refractivity contribution in [2.24, 2.45) is 0 Å². The van der Waals surface area contributed by atoms with Crippen LogP contribution >= 0.6 is 15.9 Å². The summed E-state index contributed by atoms with van der Waals surface area (Å²) in [4.78, 5) is 6.86. The summed E-state index contributed by atoms with van der Waals surface area (Å²) in [6.07, 6.45) is 1.37. The zero-order valence-electron chi connectivity index (χ0n) is 9.69. The molecule has 0 N–H and O–H groups in total. The third kappa shape index (κ3) is 2.55. The standard InChI is InChI=1S/C12H17BrN2O/c1-3-10-8-16-9(2)7-15(10)12-6-4-5-11(13)14-12/h4-6,9-10H,3,7-8H2,1-2H3. The summed E-state index contributed by atoms with van der Waals surface area (Å²) in [5.74, 6) is 1.04. The fourth-order valence-electron chi connectivity index (χ4n) is 2.02. The summed E-state index contributed by atoms with van der Waals surface area (Å²) >= 11 is 3.42. The summed E-state index contributed by atoms with van der Waals surface area (Å²) in [7, 11) is 0. The number of ether oxygens (including phenoxy) is 1. The van der Waals surface area contributed by atoms with E-state index in [-0.39, 0.29) is 6.10 Å². The highest BCUT2D eigenvalue weighted by atomic mass is 79.9. The average molecular weight is 285 g/mol. The molecule has 0 aromatic carbocycles. The second-order valence-corrected chi connectivity index (χ2v) is 4.99. The van der Waals surface area contributed by atoms with Crippen LogP contribution in [0.15, 0.2) is 22.8 Å². The van der Waals surface area contributed by atoms with Gasteiger partial charge in [0.2, 0.25) is 0 Å². The van der Waals surface area contributed by atoms with Gasteiger partial charge < -0.3 is 9.64 Å². The third-order valence-electron chi connectivity index (χ3n) is 2.93. The lowest BCUT2D eigenvalue weighted by molar-refractivity contribution is 0.0296. The van der Waals surface area contributed by atoms with Crippen molar-refractivity contribution >= 4 is 21.7 Å². The van der Waals surface area contributed by atoms with Crippen molar-refractivity contribution < 1.29 is 4.74 Å². The highest BCUT2D eigenvalue weighted by molar-refractivity contribution is 9.10. The number of morpholine rings is 1. The molecule has 4 heteroatoms. The molecule has 0 radical (unpaired) electrons. The Morgan fingerprint density at radius 3 is 3.06 bits per heavy atom. The summed E-state index contributed by atoms with van der Waals surface area (Å²) in [6.45, 7) is 6.01. The minimum Gasteiger partial charge on any atom is -0.375 e. The van der Waals surface area contributed by atoms with Gasteiger partial charge in [0.15, 0.2) is 0 Å². The van der Waals surface area contributed by atoms with Gasteiger partial charge in [-0.25, -0.2) is 4.98 Å². The highest BCUT2D eigenvalue weighted by Crippen LogP contribution is 2.22. The first-order chi connectivity index (χ1) is 7.70. The molecule has 0 spiro atoms. The van der Waals surface area contributed by atoms with Crippen LogP contribution in [0.5, 0.6) is 0 Å². The third-order valence-corrected chi connectivity index (χ3v) is 3.38. The van der Waals surface area contributed by atoms with Gasteiger partial charge in [-0.3, -0.25) is 0 Å². The summed E-state index contributed by atoms with van der Waals surface area (Å²) < 4.78 is 6.57. The molecule has 0 bridgehead atoms. The molecule has 1 saturated heterocycles. The maximum absolute atomic E-state index is 5.68. The number of pyridine rings is 1. The SMILES string of the molecule is CCC1COC(C)CN1c1cccc(Br)n1. The van der Waals surface area contributed by atoms with Crippen LogP contribution in [0.4, 0.5) is 5.82 Å². The molecular weight excluding hydrogens is 268 g/mol. The van der Waals surface area contributed by atoms with Crippen LogP contribution in [0.1, 0.15) is 20.3 Å². The molecule has 0 aliphatic carbocycles. The Morgan fingerprint density at radius 2 is 2.38 bits per heavy atom. The van der Waals surface area contributed by atoms with Crippen molar-refractivity contribution in [2.45, 2.75) is 32.4 Å². The van der Waals surface area contributed by atoms with E-state index in [1.54, 1.807) is 0 Å². The smallest absolute Gasteiger partial charge is 0.130 e. The van der Waals surface area contributed by atoms with E-state index in [4.69, 9.17) is 4.74 Å². The van der Waals surface area contributed by atoms with Crippen molar-refractivity contribution in [3.05, 3.63) is 22.8 Å². The van der Waals surface area contributed by atoms with Crippen LogP contribution in [-0.4, -0.2) is 30.3 Å². The van der Waals surface area contributed by atoms with Crippen LogP contribution in [0.25, 0.3) is 0 Å². The number of halogens is 1. The summed E-state index contributed by atoms with van der Waals surface area (Å²) in [6, 6.07) is 6.48. The van der Waals surface area contributed by atoms with E-state index in [1.165, 1.54) is 0 Å². The maximum Gasteiger partial charge on any atom is 0.130 e. The van der Waals surface area contributed by atoms with Crippen LogP contribution in [-0.2, 0) is 4.74 Å². The van der Waals surface area contributed by atoms with Crippen molar-refractivity contribution in [1.29, 1.82) is 0 Å². The number of hydrogen-bond acceptors (Lipinski definition) is 3. The Labute approximate surface area is 105 Å². The fourth-order valence-corrected chi connectivity index (χ4v) is 2.35. The van der Waals surface area contributed by atoms with Gasteiger partial charge in [0.1, 0.15) is 10.4 Å². The second-order valence-electron chi connectivity index (χ2n) is 4.18. The monoisotopic (exact) mass is 284 g/mol. The Bertz CT molecular complexity index is 359. The van der Waals surface area contributed by atoms with Crippen LogP contribution in [0, 0.1) is 0 Å². The maximum atomic E-state index is 5.68. The molecule has 2 unspecified atom stereocenters. The number of hydrogen-bond donors (Lipinski definition) is 0. The highest BCUT2D eigenvalue weighted by Gasteiger charge is 2.26. The number of nitrogens with zero attached hydrogens (tertiary/aromatic N) is 2. The predicted molar refractivity (Wildman–Crippen MR) is 68.8 cm³/mol. The molecule has 0 saturated carbocycles. The second kappa shape index (κ2) is 5.15. The zero-order valence-corrected chi connectivity index (χ0v) is 11.3. The molecule has 2 rings (SSSR count). The molecule has 2 atom stereocenters. The van der Waals surface area contributed by atoms with E-state index >= 15 is 0 Å². The molecule has 2 heterocycles. The van der Waals surface area contributed by atoms with E-state index in [1.807, 2.05) is 12.1 Å². The quantitative estimate of drug-likeness (QED) is 0.781. The lowest BCUT2D eigenvalue weighted by Gasteiger charge is -2.39. The Morgan fingerprint density at radius 1 is 1.56 bits per heavy atom. The van der Waals surface area contributed by atoms with Crippen molar-refractivity contribution in [3.8, 4) is 0 Å². The Kier molecular flexibility index (Phi) is 3.82. The van der Waals surface area contributed by atoms with E-state index in [9.17, 15) is 0 Å². The van der Waals surface area contributed by atoms with Crippen molar-refractivity contribution in [2.75, 3.05) is 18.1 Å². The number of rotatable bonds is 2. The number of anilines is 1. The minimum atomic E-state index is 0.281. The average Bonchev–Trinajstić information content (AvgIpc) is 2.29. The van der Waals surface area contributed by atoms with Gasteiger partial charge in [-0.05, 0) is 41.4 Å². The van der Waals surface area contributed by atoms with Gasteiger partial charge in [-0.1, -0.05) is 13.0 Å². The summed E-state index contributed by atoms with van der Waals surface area (Å²) in [5, 5.41) is 0. The molecule has 3 nitrogen and oxygen atoms in total. The molecule has 0 amide bonds. The van der Waals surface area contributed by atoms with E-state index in [0.717, 1.165) is 30.0 Å². The van der Waals surface area contributed by atoms with Gasteiger partial charge in [-0.2, -0.15) is 0 Å². The normalized spacial score (nSPS) is 25.8. The van der Waals surface area contributed by atoms with E-state index in [2.05, 4.69) is 45.7 Å². The molecule has 16 heavy (non-hydrogen) atoms. The predicted octanol–water partition coefficient (Wildman–Crippen LogP) is 2.85. The number of aromatic nitrogens is 1. The van der Waals surface area contributed by atoms with E-state index < -0.39 is 0 Å². The van der Waals surface area contributed by atoms with Gasteiger partial charge in [-0.15, -0.1) is 0 Å². The van der Waals surface area contributed by atoms with Crippen LogP contribution < -0.4 is 4.90 Å². The minimum absolute atomic E-state index is 0.281. The van der Waals surface area contributed by atoms with Crippen molar-refractivity contribution in [3.63, 3.8) is 0 Å². The molecule has 88 valence electrons.